The molecule has 2 unspecified atom stereocenters. The predicted molar refractivity (Wildman–Crippen MR) is 272 cm³/mol. The van der Waals surface area contributed by atoms with Gasteiger partial charge in [0.25, 0.3) is 0 Å². The number of hydrogen-bond donors (Lipinski definition) is 2. The molecule has 1 heterocycles. The molecule has 3 nitrogen and oxygen atoms in total. The number of rotatable bonds is 7. The van der Waals surface area contributed by atoms with Crippen molar-refractivity contribution in [3.8, 4) is 55.6 Å². The van der Waals surface area contributed by atoms with Crippen molar-refractivity contribution in [3.05, 3.63) is 252 Å². The highest BCUT2D eigenvalue weighted by atomic mass is 15.3. The van der Waals surface area contributed by atoms with E-state index in [2.05, 4.69) is 237 Å². The van der Waals surface area contributed by atoms with Gasteiger partial charge in [-0.2, -0.15) is 0 Å². The zero-order valence-electron chi connectivity index (χ0n) is 36.5. The summed E-state index contributed by atoms with van der Waals surface area (Å²) in [5.74, 6) is 0.886. The summed E-state index contributed by atoms with van der Waals surface area (Å²) in [7, 11) is 0. The summed E-state index contributed by atoms with van der Waals surface area (Å²) in [5, 5.41) is 12.4. The molecule has 0 saturated carbocycles. The predicted octanol–water partition coefficient (Wildman–Crippen LogP) is 15.3. The van der Waals surface area contributed by atoms with Crippen LogP contribution >= 0.6 is 0 Å². The lowest BCUT2D eigenvalue weighted by Gasteiger charge is -2.32. The van der Waals surface area contributed by atoms with E-state index in [0.29, 0.717) is 0 Å². The molecule has 2 N–H and O–H groups in total. The minimum Gasteiger partial charge on any atom is -0.350 e. The van der Waals surface area contributed by atoms with Gasteiger partial charge >= 0.3 is 0 Å². The van der Waals surface area contributed by atoms with Crippen molar-refractivity contribution in [2.24, 2.45) is 4.99 Å². The first-order valence-corrected chi connectivity index (χ1v) is 22.7. The van der Waals surface area contributed by atoms with Crippen molar-refractivity contribution in [1.82, 2.24) is 10.6 Å². The van der Waals surface area contributed by atoms with E-state index in [1.807, 2.05) is 12.1 Å². The van der Waals surface area contributed by atoms with Gasteiger partial charge in [-0.15, -0.1) is 0 Å². The number of nitrogens with zero attached hydrogens (tertiary/aromatic N) is 1. The van der Waals surface area contributed by atoms with Crippen LogP contribution in [-0.2, 0) is 5.41 Å². The fraction of sp³-hybridized carbons (Fsp3) is 0.0806. The van der Waals surface area contributed by atoms with Crippen LogP contribution in [-0.4, -0.2) is 5.84 Å². The van der Waals surface area contributed by atoms with Crippen molar-refractivity contribution in [1.29, 1.82) is 0 Å². The van der Waals surface area contributed by atoms with E-state index < -0.39 is 0 Å². The van der Waals surface area contributed by atoms with E-state index in [9.17, 15) is 0 Å². The van der Waals surface area contributed by atoms with Crippen molar-refractivity contribution in [2.75, 3.05) is 0 Å². The third-order valence-electron chi connectivity index (χ3n) is 13.8. The number of aliphatic imine (C=N–C) groups is 1. The average molecular weight is 834 g/mol. The van der Waals surface area contributed by atoms with Gasteiger partial charge in [-0.3, -0.25) is 5.32 Å². The molecule has 0 radical (unpaired) electrons. The normalized spacial score (nSPS) is 16.1. The van der Waals surface area contributed by atoms with Crippen LogP contribution in [0.5, 0.6) is 0 Å². The first kappa shape index (κ1) is 38.8. The Balaban J connectivity index is 0.798. The molecule has 2 atom stereocenters. The molecule has 0 spiro atoms. The molecule has 0 aromatic heterocycles. The average Bonchev–Trinajstić information content (AvgIpc) is 3.61. The molecule has 12 rings (SSSR count). The Labute approximate surface area is 380 Å². The molecule has 2 aliphatic rings. The van der Waals surface area contributed by atoms with Crippen molar-refractivity contribution in [2.45, 2.75) is 31.6 Å². The van der Waals surface area contributed by atoms with Gasteiger partial charge in [0, 0.05) is 11.0 Å². The molecule has 0 saturated heterocycles. The van der Waals surface area contributed by atoms with Crippen molar-refractivity contribution < 1.29 is 0 Å². The lowest BCUT2D eigenvalue weighted by Crippen LogP contribution is -2.44. The van der Waals surface area contributed by atoms with Crippen LogP contribution in [0.2, 0.25) is 0 Å². The van der Waals surface area contributed by atoms with Gasteiger partial charge in [-0.05, 0) is 118 Å². The first-order chi connectivity index (χ1) is 31.9. The fourth-order valence-corrected chi connectivity index (χ4v) is 10.3. The SMILES string of the molecule is CC1(C)c2ccccc2-c2ccc(-c3ccc(-c4ccc5c(-c6cccc7cc(-c8ccc(C9NC(c%10ccccc%10)=NC(c%10ccccc%10)N9)cc8)ccc67)cccc5c4)cc3)cc21. The zero-order valence-corrected chi connectivity index (χ0v) is 36.5. The molecule has 0 fully saturated rings. The summed E-state index contributed by atoms with van der Waals surface area (Å²) in [5.41, 5.74) is 18.7. The van der Waals surface area contributed by atoms with Crippen LogP contribution in [0.4, 0.5) is 0 Å². The van der Waals surface area contributed by atoms with Gasteiger partial charge in [0.05, 0.1) is 0 Å². The van der Waals surface area contributed by atoms with Gasteiger partial charge in [-0.25, -0.2) is 4.99 Å². The molecule has 1 aliphatic heterocycles. The van der Waals surface area contributed by atoms with Gasteiger partial charge in [0.2, 0.25) is 0 Å². The van der Waals surface area contributed by atoms with E-state index in [1.165, 1.54) is 88.3 Å². The Hall–Kier alpha value is -7.85. The third kappa shape index (κ3) is 6.93. The maximum Gasteiger partial charge on any atom is 0.131 e. The summed E-state index contributed by atoms with van der Waals surface area (Å²) >= 11 is 0. The van der Waals surface area contributed by atoms with Gasteiger partial charge < -0.3 is 5.32 Å². The summed E-state index contributed by atoms with van der Waals surface area (Å²) in [4.78, 5) is 5.07. The van der Waals surface area contributed by atoms with Crippen LogP contribution in [0.1, 0.15) is 54.0 Å². The summed E-state index contributed by atoms with van der Waals surface area (Å²) < 4.78 is 0. The first-order valence-electron chi connectivity index (χ1n) is 22.7. The largest absolute Gasteiger partial charge is 0.350 e. The van der Waals surface area contributed by atoms with Gasteiger partial charge in [0.1, 0.15) is 18.2 Å². The summed E-state index contributed by atoms with van der Waals surface area (Å²) in [6.07, 6.45) is -0.269. The molecule has 1 aliphatic carbocycles. The zero-order chi connectivity index (χ0) is 43.5. The molecule has 0 bridgehead atoms. The van der Waals surface area contributed by atoms with Crippen LogP contribution in [0.25, 0.3) is 77.2 Å². The van der Waals surface area contributed by atoms with Crippen LogP contribution < -0.4 is 10.6 Å². The molecule has 310 valence electrons. The highest BCUT2D eigenvalue weighted by molar-refractivity contribution is 6.07. The Morgan fingerprint density at radius 3 is 1.49 bits per heavy atom. The standard InChI is InChI=1S/C62H47N3/c1-62(2)57-22-10-9-19-55(57)56-36-33-48(39-58(56)62)42-25-23-40(24-26-42)46-31-34-51-49(37-46)17-11-20-53(51)54-21-12-18-50-38-47(32-35-52(50)54)41-27-29-45(30-28-41)61-64-59(43-13-5-3-6-14-43)63-60(65-61)44-15-7-4-8-16-44/h3-39,59,61,64H,1-2H3,(H,63,65). The lowest BCUT2D eigenvalue weighted by molar-refractivity contribution is 0.409. The van der Waals surface area contributed by atoms with E-state index in [1.54, 1.807) is 0 Å². The van der Waals surface area contributed by atoms with Gasteiger partial charge in [0.15, 0.2) is 0 Å². The maximum absolute atomic E-state index is 5.07. The number of nitrogens with one attached hydrogen (secondary N) is 2. The van der Waals surface area contributed by atoms with E-state index in [4.69, 9.17) is 4.99 Å². The summed E-state index contributed by atoms with van der Waals surface area (Å²) in [6, 6.07) is 81.8. The number of benzene rings is 10. The van der Waals surface area contributed by atoms with Crippen molar-refractivity contribution in [3.63, 3.8) is 0 Å². The monoisotopic (exact) mass is 833 g/mol. The van der Waals surface area contributed by atoms with E-state index in [-0.39, 0.29) is 17.7 Å². The smallest absolute Gasteiger partial charge is 0.131 e. The Morgan fingerprint density at radius 1 is 0.369 bits per heavy atom. The fourth-order valence-electron chi connectivity index (χ4n) is 10.3. The van der Waals surface area contributed by atoms with E-state index in [0.717, 1.165) is 22.5 Å². The molecular weight excluding hydrogens is 787 g/mol. The Bertz CT molecular complexity index is 3440. The van der Waals surface area contributed by atoms with Crippen LogP contribution in [0.15, 0.2) is 229 Å². The summed E-state index contributed by atoms with van der Waals surface area (Å²) in [6.45, 7) is 4.69. The Morgan fingerprint density at radius 2 is 0.862 bits per heavy atom. The van der Waals surface area contributed by atoms with Crippen LogP contribution in [0.3, 0.4) is 0 Å². The molecule has 10 aromatic rings. The number of hydrogen-bond acceptors (Lipinski definition) is 3. The molecular formula is C62H47N3. The van der Waals surface area contributed by atoms with E-state index >= 15 is 0 Å². The third-order valence-corrected chi connectivity index (χ3v) is 13.8. The Kier molecular flexibility index (Phi) is 9.40. The lowest BCUT2D eigenvalue weighted by atomic mass is 9.81. The highest BCUT2D eigenvalue weighted by Gasteiger charge is 2.35. The molecule has 3 heteroatoms. The second-order valence-corrected chi connectivity index (χ2v) is 18.0. The number of fused-ring (bicyclic) bond motifs is 5. The minimum atomic E-state index is -0.164. The second-order valence-electron chi connectivity index (χ2n) is 18.0. The van der Waals surface area contributed by atoms with Crippen molar-refractivity contribution >= 4 is 27.4 Å². The minimum absolute atomic E-state index is 0.0152. The second kappa shape index (κ2) is 15.7. The maximum atomic E-state index is 5.07. The molecule has 0 amide bonds. The van der Waals surface area contributed by atoms with Crippen LogP contribution in [0, 0.1) is 0 Å². The molecule has 65 heavy (non-hydrogen) atoms. The topological polar surface area (TPSA) is 36.4 Å². The quantitative estimate of drug-likeness (QED) is 0.168. The highest BCUT2D eigenvalue weighted by Crippen LogP contribution is 2.49. The molecule has 10 aromatic carbocycles. The number of amidine groups is 1. The van der Waals surface area contributed by atoms with Gasteiger partial charge in [-0.1, -0.05) is 220 Å².